The van der Waals surface area contributed by atoms with Crippen LogP contribution in [0.15, 0.2) is 48.5 Å². The molecule has 0 saturated carbocycles. The van der Waals surface area contributed by atoms with Crippen molar-refractivity contribution in [1.82, 2.24) is 5.32 Å². The summed E-state index contributed by atoms with van der Waals surface area (Å²) in [6.07, 6.45) is -0.590. The Balaban J connectivity index is 2.16. The number of hydrogen-bond donors (Lipinski definition) is 2. The summed E-state index contributed by atoms with van der Waals surface area (Å²) < 4.78 is 32.0. The highest BCUT2D eigenvalue weighted by atomic mass is 19.1. The molecule has 27 heavy (non-hydrogen) atoms. The quantitative estimate of drug-likeness (QED) is 0.828. The Morgan fingerprint density at radius 1 is 1.07 bits per heavy atom. The van der Waals surface area contributed by atoms with E-state index < -0.39 is 35.3 Å². The molecule has 0 aliphatic rings. The Morgan fingerprint density at radius 3 is 2.33 bits per heavy atom. The van der Waals surface area contributed by atoms with E-state index in [0.29, 0.717) is 6.07 Å². The average molecular weight is 376 g/mol. The van der Waals surface area contributed by atoms with Crippen LogP contribution < -0.4 is 10.6 Å². The molecule has 0 saturated heterocycles. The molecule has 1 atom stereocenters. The lowest BCUT2D eigenvalue weighted by atomic mass is 10.1. The monoisotopic (exact) mass is 376 g/mol. The van der Waals surface area contributed by atoms with Crippen LogP contribution in [0, 0.1) is 11.6 Å². The van der Waals surface area contributed by atoms with Crippen molar-refractivity contribution in [2.24, 2.45) is 0 Å². The Labute approximate surface area is 156 Å². The number of ether oxygens (including phenoxy) is 1. The van der Waals surface area contributed by atoms with Gasteiger partial charge in [0.15, 0.2) is 0 Å². The van der Waals surface area contributed by atoms with E-state index in [4.69, 9.17) is 4.74 Å². The molecule has 2 rings (SSSR count). The molecule has 2 aromatic carbocycles. The summed E-state index contributed by atoms with van der Waals surface area (Å²) in [7, 11) is 0. The third-order valence-electron chi connectivity index (χ3n) is 3.48. The molecule has 5 nitrogen and oxygen atoms in total. The van der Waals surface area contributed by atoms with Crippen LogP contribution in [0.25, 0.3) is 0 Å². The van der Waals surface area contributed by atoms with Crippen LogP contribution in [-0.4, -0.2) is 23.6 Å². The van der Waals surface area contributed by atoms with Gasteiger partial charge in [-0.25, -0.2) is 13.6 Å². The zero-order chi connectivity index (χ0) is 20.0. The molecule has 0 aromatic heterocycles. The lowest BCUT2D eigenvalue weighted by Crippen LogP contribution is -2.47. The Morgan fingerprint density at radius 2 is 1.74 bits per heavy atom. The van der Waals surface area contributed by atoms with Crippen molar-refractivity contribution in [2.75, 3.05) is 5.32 Å². The van der Waals surface area contributed by atoms with Crippen molar-refractivity contribution in [3.05, 3.63) is 65.7 Å². The molecule has 0 heterocycles. The summed E-state index contributed by atoms with van der Waals surface area (Å²) in [5, 5.41) is 4.88. The largest absolute Gasteiger partial charge is 0.444 e. The topological polar surface area (TPSA) is 67.4 Å². The summed E-state index contributed by atoms with van der Waals surface area (Å²) in [5.74, 6) is -2.30. The van der Waals surface area contributed by atoms with E-state index in [0.717, 1.165) is 17.7 Å². The second kappa shape index (κ2) is 8.62. The van der Waals surface area contributed by atoms with Gasteiger partial charge in [0.25, 0.3) is 0 Å². The number of halogens is 2. The number of benzene rings is 2. The van der Waals surface area contributed by atoms with E-state index in [1.54, 1.807) is 45.0 Å². The Bertz CT molecular complexity index is 805. The molecule has 1 unspecified atom stereocenters. The van der Waals surface area contributed by atoms with Gasteiger partial charge in [0, 0.05) is 12.5 Å². The number of hydrogen-bond acceptors (Lipinski definition) is 3. The lowest BCUT2D eigenvalue weighted by Gasteiger charge is -2.23. The molecule has 2 amide bonds. The minimum absolute atomic E-state index is 0.175. The van der Waals surface area contributed by atoms with Gasteiger partial charge in [-0.3, -0.25) is 4.79 Å². The van der Waals surface area contributed by atoms with Gasteiger partial charge in [0.05, 0.1) is 5.69 Å². The summed E-state index contributed by atoms with van der Waals surface area (Å²) >= 11 is 0. The predicted molar refractivity (Wildman–Crippen MR) is 98.3 cm³/mol. The summed E-state index contributed by atoms with van der Waals surface area (Å²) in [6.45, 7) is 5.10. The molecular weight excluding hydrogens is 354 g/mol. The molecule has 0 aliphatic carbocycles. The first-order valence-electron chi connectivity index (χ1n) is 8.43. The van der Waals surface area contributed by atoms with Crippen molar-refractivity contribution < 1.29 is 23.1 Å². The second-order valence-electron chi connectivity index (χ2n) is 7.00. The molecule has 144 valence electrons. The number of carbonyl (C=O) groups excluding carboxylic acids is 2. The van der Waals surface area contributed by atoms with Gasteiger partial charge in [0.1, 0.15) is 23.3 Å². The number of carbonyl (C=O) groups is 2. The van der Waals surface area contributed by atoms with Crippen LogP contribution in [-0.2, 0) is 16.0 Å². The average Bonchev–Trinajstić information content (AvgIpc) is 2.56. The fourth-order valence-electron chi connectivity index (χ4n) is 2.32. The van der Waals surface area contributed by atoms with Gasteiger partial charge >= 0.3 is 6.09 Å². The van der Waals surface area contributed by atoms with Crippen molar-refractivity contribution in [1.29, 1.82) is 0 Å². The molecule has 7 heteroatoms. The Hall–Kier alpha value is -2.96. The first kappa shape index (κ1) is 20.4. The van der Waals surface area contributed by atoms with Gasteiger partial charge in [0.2, 0.25) is 5.91 Å². The molecule has 0 bridgehead atoms. The number of rotatable bonds is 5. The normalized spacial score (nSPS) is 12.2. The SMILES string of the molecule is CC(C)(C)OC(=O)NC(Cc1ccccc1)C(=O)Nc1ccc(F)cc1F. The smallest absolute Gasteiger partial charge is 0.408 e. The first-order valence-corrected chi connectivity index (χ1v) is 8.43. The molecule has 0 aliphatic heterocycles. The van der Waals surface area contributed by atoms with E-state index in [2.05, 4.69) is 10.6 Å². The highest BCUT2D eigenvalue weighted by molar-refractivity contribution is 5.96. The van der Waals surface area contributed by atoms with E-state index in [9.17, 15) is 18.4 Å². The predicted octanol–water partition coefficient (Wildman–Crippen LogP) is 4.04. The second-order valence-corrected chi connectivity index (χ2v) is 7.00. The summed E-state index contributed by atoms with van der Waals surface area (Å²) in [6, 6.07) is 10.9. The van der Waals surface area contributed by atoms with Crippen molar-refractivity contribution >= 4 is 17.7 Å². The van der Waals surface area contributed by atoms with Crippen molar-refractivity contribution in [3.63, 3.8) is 0 Å². The van der Waals surface area contributed by atoms with Crippen LogP contribution in [0.1, 0.15) is 26.3 Å². The maximum absolute atomic E-state index is 13.8. The molecule has 0 spiro atoms. The highest BCUT2D eigenvalue weighted by Crippen LogP contribution is 2.16. The van der Waals surface area contributed by atoms with Gasteiger partial charge in [-0.1, -0.05) is 30.3 Å². The molecular formula is C20H22F2N2O3. The number of alkyl carbamates (subject to hydrolysis) is 1. The van der Waals surface area contributed by atoms with Crippen molar-refractivity contribution in [3.8, 4) is 0 Å². The zero-order valence-electron chi connectivity index (χ0n) is 15.4. The molecule has 0 radical (unpaired) electrons. The summed E-state index contributed by atoms with van der Waals surface area (Å²) in [4.78, 5) is 24.7. The lowest BCUT2D eigenvalue weighted by molar-refractivity contribution is -0.118. The minimum Gasteiger partial charge on any atom is -0.444 e. The maximum Gasteiger partial charge on any atom is 0.408 e. The van der Waals surface area contributed by atoms with Crippen LogP contribution in [0.3, 0.4) is 0 Å². The number of nitrogens with one attached hydrogen (secondary N) is 2. The standard InChI is InChI=1S/C20H22F2N2O3/c1-20(2,3)27-19(26)24-17(11-13-7-5-4-6-8-13)18(25)23-16-10-9-14(21)12-15(16)22/h4-10,12,17H,11H2,1-3H3,(H,23,25)(H,24,26). The van der Waals surface area contributed by atoms with Gasteiger partial charge in [-0.15, -0.1) is 0 Å². The van der Waals surface area contributed by atoms with Crippen LogP contribution in [0.2, 0.25) is 0 Å². The first-order chi connectivity index (χ1) is 12.6. The summed E-state index contributed by atoms with van der Waals surface area (Å²) in [5.41, 5.74) is -0.111. The number of amides is 2. The van der Waals surface area contributed by atoms with Gasteiger partial charge in [-0.2, -0.15) is 0 Å². The van der Waals surface area contributed by atoms with Crippen LogP contribution in [0.5, 0.6) is 0 Å². The van der Waals surface area contributed by atoms with Crippen LogP contribution in [0.4, 0.5) is 19.3 Å². The van der Waals surface area contributed by atoms with E-state index >= 15 is 0 Å². The fraction of sp³-hybridized carbons (Fsp3) is 0.300. The van der Waals surface area contributed by atoms with E-state index in [1.807, 2.05) is 6.07 Å². The van der Waals surface area contributed by atoms with Gasteiger partial charge < -0.3 is 15.4 Å². The maximum atomic E-state index is 13.8. The third-order valence-corrected chi connectivity index (χ3v) is 3.48. The van der Waals surface area contributed by atoms with E-state index in [-0.39, 0.29) is 12.1 Å². The third kappa shape index (κ3) is 6.69. The van der Waals surface area contributed by atoms with Crippen molar-refractivity contribution in [2.45, 2.75) is 38.8 Å². The van der Waals surface area contributed by atoms with E-state index in [1.165, 1.54) is 0 Å². The highest BCUT2D eigenvalue weighted by Gasteiger charge is 2.25. The van der Waals surface area contributed by atoms with Gasteiger partial charge in [-0.05, 0) is 38.5 Å². The molecule has 0 fully saturated rings. The number of anilines is 1. The molecule has 2 aromatic rings. The molecule has 2 N–H and O–H groups in total. The minimum atomic E-state index is -1.01. The van der Waals surface area contributed by atoms with Crippen LogP contribution >= 0.6 is 0 Å². The fourth-order valence-corrected chi connectivity index (χ4v) is 2.32. The Kier molecular flexibility index (Phi) is 6.50. The zero-order valence-corrected chi connectivity index (χ0v) is 15.4.